The summed E-state index contributed by atoms with van der Waals surface area (Å²) in [7, 11) is 3.61. The van der Waals surface area contributed by atoms with E-state index in [2.05, 4.69) is 0 Å². The van der Waals surface area contributed by atoms with Crippen LogP contribution >= 0.6 is 0 Å². The average Bonchev–Trinajstić information content (AvgIpc) is 3.27. The minimum Gasteiger partial charge on any atom is -0.457 e. The summed E-state index contributed by atoms with van der Waals surface area (Å²) in [6.07, 6.45) is 0.806. The molecule has 0 amide bonds. The van der Waals surface area contributed by atoms with Crippen molar-refractivity contribution in [3.63, 3.8) is 0 Å². The Bertz CT molecular complexity index is 747. The zero-order valence-corrected chi connectivity index (χ0v) is 13.9. The quantitative estimate of drug-likeness (QED) is 0.479. The van der Waals surface area contributed by atoms with Gasteiger partial charge in [-0.3, -0.25) is 9.59 Å². The molecule has 0 saturated heterocycles. The van der Waals surface area contributed by atoms with E-state index >= 15 is 0 Å². The van der Waals surface area contributed by atoms with E-state index in [0.717, 1.165) is 17.8 Å². The molecule has 1 heterocycles. The third-order valence-electron chi connectivity index (χ3n) is 4.61. The Hall–Kier alpha value is -2.81. The molecule has 1 saturated carbocycles. The normalized spacial score (nSPS) is 21.2. The molecule has 1 aromatic rings. The lowest BCUT2D eigenvalue weighted by Crippen LogP contribution is -2.28. The van der Waals surface area contributed by atoms with Gasteiger partial charge >= 0.3 is 5.97 Å². The molecule has 0 radical (unpaired) electrons. The van der Waals surface area contributed by atoms with Gasteiger partial charge in [-0.2, -0.15) is 5.26 Å². The Morgan fingerprint density at radius 2 is 1.79 bits per heavy atom. The Morgan fingerprint density at radius 3 is 2.25 bits per heavy atom. The molecule has 1 aliphatic heterocycles. The van der Waals surface area contributed by atoms with Gasteiger partial charge in [0.25, 0.3) is 0 Å². The Labute approximate surface area is 140 Å². The summed E-state index contributed by atoms with van der Waals surface area (Å²) in [6, 6.07) is 9.62. The molecule has 1 fully saturated rings. The molecular weight excluding hydrogens is 306 g/mol. The maximum atomic E-state index is 12.4. The number of hydrogen-bond acceptors (Lipinski definition) is 6. The number of Topliss-reactive ketones (excluding diaryl/α,β-unsaturated/α-hetero) is 1. The number of hydrogen-bond donors (Lipinski definition) is 0. The van der Waals surface area contributed by atoms with Gasteiger partial charge in [-0.1, -0.05) is 19.1 Å². The molecule has 0 N–H and O–H groups in total. The fraction of sp³-hybridized carbons (Fsp3) is 0.389. The van der Waals surface area contributed by atoms with Crippen molar-refractivity contribution in [1.82, 2.24) is 0 Å². The monoisotopic (exact) mass is 325 g/mol. The van der Waals surface area contributed by atoms with E-state index in [-0.39, 0.29) is 17.5 Å². The first-order chi connectivity index (χ1) is 11.5. The molecule has 1 aromatic carbocycles. The van der Waals surface area contributed by atoms with Gasteiger partial charge < -0.3 is 14.5 Å². The molecule has 0 unspecified atom stereocenters. The van der Waals surface area contributed by atoms with Crippen molar-refractivity contribution in [3.8, 4) is 6.07 Å². The summed E-state index contributed by atoms with van der Waals surface area (Å²) < 4.78 is 5.08. The smallest absolute Gasteiger partial charge is 0.309 e. The number of esters is 1. The zero-order chi connectivity index (χ0) is 17.4. The SMILES string of the molecule is C[C@@H]1C[C@H]1C(=O)OCC(=O)C(C#N)=C1N(C)c2ccccc2N1C. The average molecular weight is 325 g/mol. The second kappa shape index (κ2) is 6.00. The molecule has 3 rings (SSSR count). The number of benzene rings is 1. The first kappa shape index (κ1) is 16.1. The number of carbonyl (C=O) groups is 2. The molecule has 2 atom stereocenters. The van der Waals surface area contributed by atoms with Crippen LogP contribution in [0.2, 0.25) is 0 Å². The molecule has 124 valence electrons. The van der Waals surface area contributed by atoms with Crippen LogP contribution in [-0.2, 0) is 14.3 Å². The van der Waals surface area contributed by atoms with E-state index in [1.165, 1.54) is 0 Å². The lowest BCUT2D eigenvalue weighted by atomic mass is 10.2. The van der Waals surface area contributed by atoms with Gasteiger partial charge in [0.05, 0.1) is 17.3 Å². The number of nitrogens with zero attached hydrogens (tertiary/aromatic N) is 3. The molecule has 6 heteroatoms. The van der Waals surface area contributed by atoms with Gasteiger partial charge in [0.15, 0.2) is 6.61 Å². The Balaban J connectivity index is 1.80. The van der Waals surface area contributed by atoms with E-state index in [1.54, 1.807) is 23.9 Å². The third kappa shape index (κ3) is 2.62. The van der Waals surface area contributed by atoms with Crippen LogP contribution in [-0.4, -0.2) is 32.5 Å². The topological polar surface area (TPSA) is 73.6 Å². The van der Waals surface area contributed by atoms with Crippen LogP contribution in [0.1, 0.15) is 13.3 Å². The minimum absolute atomic E-state index is 0.00662. The highest BCUT2D eigenvalue weighted by molar-refractivity contribution is 6.04. The summed E-state index contributed by atoms with van der Waals surface area (Å²) in [5, 5.41) is 9.48. The van der Waals surface area contributed by atoms with Crippen LogP contribution < -0.4 is 9.80 Å². The molecule has 0 aromatic heterocycles. The number of carbonyl (C=O) groups excluding carboxylic acids is 2. The van der Waals surface area contributed by atoms with E-state index in [1.807, 2.05) is 37.3 Å². The molecule has 0 bridgehead atoms. The largest absolute Gasteiger partial charge is 0.457 e. The second-order valence-electron chi connectivity index (χ2n) is 6.27. The maximum absolute atomic E-state index is 12.4. The number of para-hydroxylation sites is 2. The van der Waals surface area contributed by atoms with Crippen molar-refractivity contribution in [2.24, 2.45) is 11.8 Å². The maximum Gasteiger partial charge on any atom is 0.309 e. The lowest BCUT2D eigenvalue weighted by Gasteiger charge is -2.19. The van der Waals surface area contributed by atoms with Crippen molar-refractivity contribution >= 4 is 23.1 Å². The van der Waals surface area contributed by atoms with E-state index in [9.17, 15) is 14.9 Å². The number of anilines is 2. The summed E-state index contributed by atoms with van der Waals surface area (Å²) in [5.74, 6) is -0.116. The predicted octanol–water partition coefficient (Wildman–Crippen LogP) is 2.08. The first-order valence-corrected chi connectivity index (χ1v) is 7.86. The van der Waals surface area contributed by atoms with Crippen molar-refractivity contribution < 1.29 is 14.3 Å². The molecule has 24 heavy (non-hydrogen) atoms. The Kier molecular flexibility index (Phi) is 4.02. The fourth-order valence-corrected chi connectivity index (χ4v) is 3.02. The highest BCUT2D eigenvalue weighted by atomic mass is 16.5. The van der Waals surface area contributed by atoms with Gasteiger partial charge in [-0.15, -0.1) is 0 Å². The van der Waals surface area contributed by atoms with Crippen molar-refractivity contribution in [2.45, 2.75) is 13.3 Å². The first-order valence-electron chi connectivity index (χ1n) is 7.86. The van der Waals surface area contributed by atoms with Crippen LogP contribution in [0, 0.1) is 23.2 Å². The molecular formula is C18H19N3O3. The van der Waals surface area contributed by atoms with E-state index in [4.69, 9.17) is 4.74 Å². The summed E-state index contributed by atoms with van der Waals surface area (Å²) >= 11 is 0. The fourth-order valence-electron chi connectivity index (χ4n) is 3.02. The van der Waals surface area contributed by atoms with Crippen LogP contribution in [0.4, 0.5) is 11.4 Å². The zero-order valence-electron chi connectivity index (χ0n) is 13.9. The van der Waals surface area contributed by atoms with Gasteiger partial charge in [-0.05, 0) is 24.5 Å². The van der Waals surface area contributed by atoms with Gasteiger partial charge in [0.2, 0.25) is 5.78 Å². The van der Waals surface area contributed by atoms with Gasteiger partial charge in [0, 0.05) is 14.1 Å². The number of rotatable bonds is 4. The van der Waals surface area contributed by atoms with Gasteiger partial charge in [-0.25, -0.2) is 0 Å². The number of ether oxygens (including phenoxy) is 1. The molecule has 6 nitrogen and oxygen atoms in total. The number of ketones is 1. The second-order valence-corrected chi connectivity index (χ2v) is 6.27. The Morgan fingerprint density at radius 1 is 1.25 bits per heavy atom. The minimum atomic E-state index is -0.486. The van der Waals surface area contributed by atoms with E-state index in [0.29, 0.717) is 11.7 Å². The van der Waals surface area contributed by atoms with Crippen molar-refractivity contribution in [1.29, 1.82) is 5.26 Å². The van der Waals surface area contributed by atoms with Crippen LogP contribution in [0.15, 0.2) is 35.7 Å². The summed E-state index contributed by atoms with van der Waals surface area (Å²) in [5.41, 5.74) is 1.83. The van der Waals surface area contributed by atoms with Crippen molar-refractivity contribution in [2.75, 3.05) is 30.5 Å². The van der Waals surface area contributed by atoms with Crippen LogP contribution in [0.3, 0.4) is 0 Å². The predicted molar refractivity (Wildman–Crippen MR) is 89.1 cm³/mol. The standard InChI is InChI=1S/C18H19N3O3/c1-11-8-12(11)18(23)24-10-16(22)13(9-19)17-20(2)14-6-4-5-7-15(14)21(17)3/h4-7,11-12H,8,10H2,1-3H3/t11-,12-/m1/s1. The highest BCUT2D eigenvalue weighted by Crippen LogP contribution is 2.40. The van der Waals surface area contributed by atoms with Gasteiger partial charge in [0.1, 0.15) is 17.5 Å². The third-order valence-corrected chi connectivity index (χ3v) is 4.61. The molecule has 1 aliphatic carbocycles. The number of fused-ring (bicyclic) bond motifs is 1. The van der Waals surface area contributed by atoms with Crippen LogP contribution in [0.5, 0.6) is 0 Å². The van der Waals surface area contributed by atoms with Crippen molar-refractivity contribution in [3.05, 3.63) is 35.7 Å². The summed E-state index contributed by atoms with van der Waals surface area (Å²) in [6.45, 7) is 1.57. The number of nitriles is 1. The molecule has 2 aliphatic rings. The summed E-state index contributed by atoms with van der Waals surface area (Å²) in [4.78, 5) is 27.8. The van der Waals surface area contributed by atoms with E-state index < -0.39 is 12.4 Å². The highest BCUT2D eigenvalue weighted by Gasteiger charge is 2.41. The van der Waals surface area contributed by atoms with Crippen LogP contribution in [0.25, 0.3) is 0 Å². The lowest BCUT2D eigenvalue weighted by molar-refractivity contribution is -0.148. The molecule has 0 spiro atoms.